The lowest BCUT2D eigenvalue weighted by molar-refractivity contribution is -0.137. The molecule has 0 radical (unpaired) electrons. The van der Waals surface area contributed by atoms with Crippen LogP contribution < -0.4 is 4.74 Å². The molecule has 3 aromatic carbocycles. The first-order chi connectivity index (χ1) is 11.8. The van der Waals surface area contributed by atoms with E-state index in [2.05, 4.69) is 0 Å². The van der Waals surface area contributed by atoms with Gasteiger partial charge in [-0.25, -0.2) is 0 Å². The summed E-state index contributed by atoms with van der Waals surface area (Å²) in [5.41, 5.74) is 2.61. The van der Waals surface area contributed by atoms with E-state index in [4.69, 9.17) is 4.74 Å². The normalized spacial score (nSPS) is 11.8. The van der Waals surface area contributed by atoms with Gasteiger partial charge in [0.1, 0.15) is 5.75 Å². The number of halogens is 3. The van der Waals surface area contributed by atoms with Gasteiger partial charge in [-0.1, -0.05) is 24.3 Å². The van der Waals surface area contributed by atoms with Crippen molar-refractivity contribution in [2.24, 2.45) is 0 Å². The summed E-state index contributed by atoms with van der Waals surface area (Å²) in [6, 6.07) is 13.5. The molecule has 0 saturated heterocycles. The quantitative estimate of drug-likeness (QED) is 0.524. The molecule has 1 nitrogen and oxygen atoms in total. The summed E-state index contributed by atoms with van der Waals surface area (Å²) in [4.78, 5) is 0. The van der Waals surface area contributed by atoms with Crippen molar-refractivity contribution >= 4 is 10.8 Å². The van der Waals surface area contributed by atoms with E-state index >= 15 is 0 Å². The second-order valence-electron chi connectivity index (χ2n) is 6.10. The summed E-state index contributed by atoms with van der Waals surface area (Å²) < 4.78 is 44.9. The molecule has 0 aromatic heterocycles. The van der Waals surface area contributed by atoms with Gasteiger partial charge in [-0.15, -0.1) is 0 Å². The standard InChI is InChI=1S/C21H19F3O/c1-4-25-20-10-6-13(2)17-9-7-15(11-19(17)20)18-12-16(21(22,23)24)8-5-14(18)3/h5-12H,4H2,1-3H3. The Hall–Kier alpha value is -2.49. The van der Waals surface area contributed by atoms with Crippen LogP contribution in [0.25, 0.3) is 21.9 Å². The molecular weight excluding hydrogens is 325 g/mol. The van der Waals surface area contributed by atoms with Crippen LogP contribution in [0.1, 0.15) is 23.6 Å². The Morgan fingerprint density at radius 1 is 0.840 bits per heavy atom. The number of aryl methyl sites for hydroxylation is 2. The van der Waals surface area contributed by atoms with E-state index in [0.29, 0.717) is 12.2 Å². The van der Waals surface area contributed by atoms with Gasteiger partial charge in [0.2, 0.25) is 0 Å². The predicted molar refractivity (Wildman–Crippen MR) is 95.0 cm³/mol. The van der Waals surface area contributed by atoms with Crippen molar-refractivity contribution in [2.75, 3.05) is 6.61 Å². The van der Waals surface area contributed by atoms with E-state index in [9.17, 15) is 13.2 Å². The van der Waals surface area contributed by atoms with Crippen molar-refractivity contribution in [1.82, 2.24) is 0 Å². The zero-order chi connectivity index (χ0) is 18.2. The topological polar surface area (TPSA) is 9.23 Å². The number of alkyl halides is 3. The molecule has 0 aliphatic rings. The Kier molecular flexibility index (Phi) is 4.46. The number of benzene rings is 3. The molecule has 0 N–H and O–H groups in total. The fraction of sp³-hybridized carbons (Fsp3) is 0.238. The highest BCUT2D eigenvalue weighted by Gasteiger charge is 2.30. The van der Waals surface area contributed by atoms with Crippen molar-refractivity contribution in [3.8, 4) is 16.9 Å². The maximum atomic E-state index is 13.1. The fourth-order valence-electron chi connectivity index (χ4n) is 3.03. The van der Waals surface area contributed by atoms with Crippen LogP contribution in [0.15, 0.2) is 48.5 Å². The highest BCUT2D eigenvalue weighted by Crippen LogP contribution is 2.37. The minimum absolute atomic E-state index is 0.533. The van der Waals surface area contributed by atoms with Crippen molar-refractivity contribution in [1.29, 1.82) is 0 Å². The summed E-state index contributed by atoms with van der Waals surface area (Å²) in [6.45, 7) is 6.27. The molecular formula is C21H19F3O. The van der Waals surface area contributed by atoms with Gasteiger partial charge in [-0.05, 0) is 72.7 Å². The SMILES string of the molecule is CCOc1ccc(C)c2ccc(-c3cc(C(F)(F)F)ccc3C)cc12. The molecule has 0 fully saturated rings. The Bertz CT molecular complexity index is 926. The van der Waals surface area contributed by atoms with Gasteiger partial charge in [0.25, 0.3) is 0 Å². The van der Waals surface area contributed by atoms with Crippen LogP contribution >= 0.6 is 0 Å². The zero-order valence-electron chi connectivity index (χ0n) is 14.4. The van der Waals surface area contributed by atoms with Crippen molar-refractivity contribution in [3.63, 3.8) is 0 Å². The van der Waals surface area contributed by atoms with E-state index in [1.165, 1.54) is 12.1 Å². The van der Waals surface area contributed by atoms with Crippen LogP contribution in [0.5, 0.6) is 5.75 Å². The molecule has 4 heteroatoms. The van der Waals surface area contributed by atoms with Crippen LogP contribution in [0.3, 0.4) is 0 Å². The minimum Gasteiger partial charge on any atom is -0.493 e. The van der Waals surface area contributed by atoms with Gasteiger partial charge in [-0.2, -0.15) is 13.2 Å². The van der Waals surface area contributed by atoms with Gasteiger partial charge < -0.3 is 4.74 Å². The molecule has 0 atom stereocenters. The predicted octanol–water partition coefficient (Wildman–Crippen LogP) is 6.54. The fourth-order valence-corrected chi connectivity index (χ4v) is 3.03. The Labute approximate surface area is 145 Å². The second-order valence-corrected chi connectivity index (χ2v) is 6.10. The summed E-state index contributed by atoms with van der Waals surface area (Å²) in [6.07, 6.45) is -4.35. The first-order valence-electron chi connectivity index (χ1n) is 8.15. The Balaban J connectivity index is 2.21. The average molecular weight is 344 g/mol. The number of rotatable bonds is 3. The molecule has 0 unspecified atom stereocenters. The van der Waals surface area contributed by atoms with Crippen LogP contribution in [0, 0.1) is 13.8 Å². The van der Waals surface area contributed by atoms with Gasteiger partial charge in [0, 0.05) is 5.39 Å². The summed E-state index contributed by atoms with van der Waals surface area (Å²) in [7, 11) is 0. The first-order valence-corrected chi connectivity index (χ1v) is 8.15. The van der Waals surface area contributed by atoms with Crippen LogP contribution in [0.2, 0.25) is 0 Å². The Morgan fingerprint density at radius 3 is 2.24 bits per heavy atom. The van der Waals surface area contributed by atoms with E-state index in [0.717, 1.165) is 39.3 Å². The smallest absolute Gasteiger partial charge is 0.416 e. The monoisotopic (exact) mass is 344 g/mol. The van der Waals surface area contributed by atoms with Crippen molar-refractivity contribution in [3.05, 3.63) is 65.2 Å². The third kappa shape index (κ3) is 3.34. The van der Waals surface area contributed by atoms with Crippen LogP contribution in [0.4, 0.5) is 13.2 Å². The van der Waals surface area contributed by atoms with E-state index in [1.807, 2.05) is 51.1 Å². The summed E-state index contributed by atoms with van der Waals surface area (Å²) in [5.74, 6) is 0.745. The molecule has 0 amide bonds. The largest absolute Gasteiger partial charge is 0.493 e. The van der Waals surface area contributed by atoms with E-state index in [-0.39, 0.29) is 0 Å². The first kappa shape index (κ1) is 17.3. The second kappa shape index (κ2) is 6.43. The third-order valence-corrected chi connectivity index (χ3v) is 4.37. The molecule has 0 saturated carbocycles. The summed E-state index contributed by atoms with van der Waals surface area (Å²) >= 11 is 0. The van der Waals surface area contributed by atoms with E-state index < -0.39 is 11.7 Å². The van der Waals surface area contributed by atoms with Crippen molar-refractivity contribution < 1.29 is 17.9 Å². The highest BCUT2D eigenvalue weighted by molar-refractivity contribution is 5.94. The molecule has 0 aliphatic carbocycles. The van der Waals surface area contributed by atoms with Gasteiger partial charge in [0.05, 0.1) is 12.2 Å². The molecule has 130 valence electrons. The lowest BCUT2D eigenvalue weighted by Crippen LogP contribution is -2.05. The molecule has 0 aliphatic heterocycles. The zero-order valence-corrected chi connectivity index (χ0v) is 14.4. The summed E-state index contributed by atoms with van der Waals surface area (Å²) in [5, 5.41) is 1.95. The maximum absolute atomic E-state index is 13.1. The molecule has 0 heterocycles. The van der Waals surface area contributed by atoms with Gasteiger partial charge in [-0.3, -0.25) is 0 Å². The number of fused-ring (bicyclic) bond motifs is 1. The third-order valence-electron chi connectivity index (χ3n) is 4.37. The van der Waals surface area contributed by atoms with Gasteiger partial charge in [0.15, 0.2) is 0 Å². The molecule has 25 heavy (non-hydrogen) atoms. The minimum atomic E-state index is -4.35. The average Bonchev–Trinajstić information content (AvgIpc) is 2.56. The number of ether oxygens (including phenoxy) is 1. The van der Waals surface area contributed by atoms with Crippen molar-refractivity contribution in [2.45, 2.75) is 26.9 Å². The lowest BCUT2D eigenvalue weighted by atomic mass is 9.94. The molecule has 0 bridgehead atoms. The highest BCUT2D eigenvalue weighted by atomic mass is 19.4. The number of hydrogen-bond acceptors (Lipinski definition) is 1. The maximum Gasteiger partial charge on any atom is 0.416 e. The number of hydrogen-bond donors (Lipinski definition) is 0. The van der Waals surface area contributed by atoms with Crippen LogP contribution in [-0.2, 0) is 6.18 Å². The Morgan fingerprint density at radius 2 is 1.56 bits per heavy atom. The van der Waals surface area contributed by atoms with E-state index in [1.54, 1.807) is 0 Å². The van der Waals surface area contributed by atoms with Crippen LogP contribution in [-0.4, -0.2) is 6.61 Å². The molecule has 3 rings (SSSR count). The molecule has 3 aromatic rings. The molecule has 0 spiro atoms. The van der Waals surface area contributed by atoms with Gasteiger partial charge >= 0.3 is 6.18 Å². The lowest BCUT2D eigenvalue weighted by Gasteiger charge is -2.14.